The lowest BCUT2D eigenvalue weighted by Gasteiger charge is -2.43. The Balaban J connectivity index is 2.62. The first kappa shape index (κ1) is 11.3. The van der Waals surface area contributed by atoms with Crippen molar-refractivity contribution >= 4 is 28.9 Å². The molecule has 1 aromatic carbocycles. The summed E-state index contributed by atoms with van der Waals surface area (Å²) < 4.78 is 0. The van der Waals surface area contributed by atoms with Crippen LogP contribution in [0.3, 0.4) is 0 Å². The molecule has 0 aromatic heterocycles. The van der Waals surface area contributed by atoms with Gasteiger partial charge in [-0.15, -0.1) is 0 Å². The monoisotopic (exact) mass is 238 g/mol. The van der Waals surface area contributed by atoms with E-state index in [0.29, 0.717) is 5.02 Å². The number of amides is 1. The fraction of sp³-hybridized carbons (Fsp3) is 0.417. The average molecular weight is 239 g/mol. The van der Waals surface area contributed by atoms with E-state index in [1.54, 1.807) is 17.9 Å². The third kappa shape index (κ3) is 1.65. The third-order valence-corrected chi connectivity index (χ3v) is 3.15. The van der Waals surface area contributed by atoms with Gasteiger partial charge in [-0.3, -0.25) is 4.79 Å². The Hall–Kier alpha value is -1.22. The van der Waals surface area contributed by atoms with E-state index in [9.17, 15) is 4.79 Å². The van der Waals surface area contributed by atoms with Gasteiger partial charge in [-0.25, -0.2) is 0 Å². The third-order valence-electron chi connectivity index (χ3n) is 2.84. The minimum absolute atomic E-state index is 0.0147. The van der Waals surface area contributed by atoms with Crippen molar-refractivity contribution in [2.45, 2.75) is 26.3 Å². The Morgan fingerprint density at radius 1 is 1.50 bits per heavy atom. The number of hydrogen-bond acceptors (Lipinski definition) is 2. The molecule has 0 saturated heterocycles. The first-order chi connectivity index (χ1) is 7.43. The Labute approximate surface area is 100 Å². The van der Waals surface area contributed by atoms with Crippen molar-refractivity contribution < 1.29 is 4.79 Å². The maximum atomic E-state index is 11.8. The second kappa shape index (κ2) is 3.67. The van der Waals surface area contributed by atoms with E-state index in [4.69, 9.17) is 11.6 Å². The predicted molar refractivity (Wildman–Crippen MR) is 67.2 cm³/mol. The fourth-order valence-electron chi connectivity index (χ4n) is 2.16. The average Bonchev–Trinajstić information content (AvgIpc) is 2.17. The van der Waals surface area contributed by atoms with Crippen LogP contribution in [-0.2, 0) is 4.79 Å². The largest absolute Gasteiger partial charge is 0.381 e. The molecule has 1 amide bonds. The number of carbonyl (C=O) groups is 1. The molecule has 4 heteroatoms. The van der Waals surface area contributed by atoms with Gasteiger partial charge in [0.25, 0.3) is 0 Å². The fourth-order valence-corrected chi connectivity index (χ4v) is 2.42. The van der Waals surface area contributed by atoms with E-state index >= 15 is 0 Å². The number of rotatable bonds is 0. The molecule has 0 bridgehead atoms. The minimum atomic E-state index is -0.260. The van der Waals surface area contributed by atoms with Gasteiger partial charge in [0.2, 0.25) is 5.91 Å². The second-order valence-corrected chi connectivity index (χ2v) is 5.06. The van der Waals surface area contributed by atoms with Crippen molar-refractivity contribution in [1.82, 2.24) is 0 Å². The van der Waals surface area contributed by atoms with E-state index in [1.807, 2.05) is 26.0 Å². The topological polar surface area (TPSA) is 32.3 Å². The Morgan fingerprint density at radius 2 is 2.19 bits per heavy atom. The maximum absolute atomic E-state index is 11.8. The molecule has 1 aliphatic heterocycles. The number of hydrogen-bond donors (Lipinski definition) is 1. The first-order valence-electron chi connectivity index (χ1n) is 5.27. The van der Waals surface area contributed by atoms with E-state index < -0.39 is 0 Å². The van der Waals surface area contributed by atoms with Crippen LogP contribution in [0.4, 0.5) is 11.4 Å². The smallest absolute Gasteiger partial charge is 0.224 e. The summed E-state index contributed by atoms with van der Waals surface area (Å²) in [6.45, 7) is 6.33. The molecule has 0 aliphatic carbocycles. The van der Waals surface area contributed by atoms with Gasteiger partial charge in [-0.05, 0) is 26.0 Å². The summed E-state index contributed by atoms with van der Waals surface area (Å²) in [6, 6.07) is 5.62. The van der Waals surface area contributed by atoms with E-state index in [1.165, 1.54) is 0 Å². The predicted octanol–water partition coefficient (Wildman–Crippen LogP) is 2.90. The lowest BCUT2D eigenvalue weighted by molar-refractivity contribution is -0.117. The van der Waals surface area contributed by atoms with Gasteiger partial charge >= 0.3 is 0 Å². The van der Waals surface area contributed by atoms with E-state index in [-0.39, 0.29) is 11.4 Å². The summed E-state index contributed by atoms with van der Waals surface area (Å²) >= 11 is 6.17. The van der Waals surface area contributed by atoms with Crippen LogP contribution in [0.5, 0.6) is 0 Å². The summed E-state index contributed by atoms with van der Waals surface area (Å²) in [7, 11) is 0. The summed E-state index contributed by atoms with van der Waals surface area (Å²) in [6.07, 6.45) is 0. The van der Waals surface area contributed by atoms with Gasteiger partial charge in [0, 0.05) is 13.5 Å². The molecule has 2 rings (SSSR count). The molecule has 86 valence electrons. The van der Waals surface area contributed by atoms with Crippen LogP contribution in [0.1, 0.15) is 20.8 Å². The van der Waals surface area contributed by atoms with Crippen LogP contribution in [0.2, 0.25) is 5.02 Å². The first-order valence-corrected chi connectivity index (χ1v) is 5.64. The summed E-state index contributed by atoms with van der Waals surface area (Å²) in [4.78, 5) is 13.5. The maximum Gasteiger partial charge on any atom is 0.224 e. The molecular formula is C12H15ClN2O. The molecule has 0 atom stereocenters. The molecular weight excluding hydrogens is 224 g/mol. The van der Waals surface area contributed by atoms with Crippen molar-refractivity contribution in [3.8, 4) is 0 Å². The van der Waals surface area contributed by atoms with Crippen LogP contribution < -0.4 is 10.2 Å². The Kier molecular flexibility index (Phi) is 2.58. The van der Waals surface area contributed by atoms with Gasteiger partial charge in [-0.1, -0.05) is 17.7 Å². The van der Waals surface area contributed by atoms with Crippen molar-refractivity contribution in [3.05, 3.63) is 23.2 Å². The second-order valence-electron chi connectivity index (χ2n) is 4.66. The minimum Gasteiger partial charge on any atom is -0.381 e. The number of halogens is 1. The zero-order valence-corrected chi connectivity index (χ0v) is 10.4. The molecule has 1 aromatic rings. The van der Waals surface area contributed by atoms with Gasteiger partial charge < -0.3 is 10.2 Å². The molecule has 1 aliphatic rings. The van der Waals surface area contributed by atoms with Gasteiger partial charge in [0.15, 0.2) is 0 Å². The van der Waals surface area contributed by atoms with Crippen LogP contribution in [0.15, 0.2) is 18.2 Å². The lowest BCUT2D eigenvalue weighted by Crippen LogP contribution is -2.54. The normalized spacial score (nSPS) is 17.6. The highest BCUT2D eigenvalue weighted by Gasteiger charge is 2.36. The zero-order valence-electron chi connectivity index (χ0n) is 9.67. The highest BCUT2D eigenvalue weighted by atomic mass is 35.5. The van der Waals surface area contributed by atoms with Gasteiger partial charge in [0.05, 0.1) is 21.9 Å². The van der Waals surface area contributed by atoms with Gasteiger partial charge in [0.1, 0.15) is 0 Å². The van der Waals surface area contributed by atoms with Crippen molar-refractivity contribution in [3.63, 3.8) is 0 Å². The lowest BCUT2D eigenvalue weighted by atomic mass is 9.97. The zero-order chi connectivity index (χ0) is 11.9. The molecule has 0 saturated carbocycles. The quantitative estimate of drug-likeness (QED) is 0.754. The molecule has 0 fully saturated rings. The number of benzene rings is 1. The van der Waals surface area contributed by atoms with Crippen LogP contribution in [0, 0.1) is 0 Å². The highest BCUT2D eigenvalue weighted by Crippen LogP contribution is 2.41. The van der Waals surface area contributed by atoms with Crippen LogP contribution in [0.25, 0.3) is 0 Å². The summed E-state index contributed by atoms with van der Waals surface area (Å²) in [5.74, 6) is 0.0147. The van der Waals surface area contributed by atoms with Crippen LogP contribution in [-0.4, -0.2) is 18.0 Å². The molecule has 1 N–H and O–H groups in total. The van der Waals surface area contributed by atoms with E-state index in [0.717, 1.165) is 17.9 Å². The standard InChI is InChI=1S/C12H15ClN2O/c1-8(16)15-11-9(13)5-4-6-10(11)14-7-12(15,2)3/h4-6,14H,7H2,1-3H3. The van der Waals surface area contributed by atoms with Crippen LogP contribution >= 0.6 is 11.6 Å². The Morgan fingerprint density at radius 3 is 2.81 bits per heavy atom. The molecule has 0 radical (unpaired) electrons. The number of fused-ring (bicyclic) bond motifs is 1. The van der Waals surface area contributed by atoms with Crippen molar-refractivity contribution in [2.75, 3.05) is 16.8 Å². The number of para-hydroxylation sites is 1. The summed E-state index contributed by atoms with van der Waals surface area (Å²) in [5, 5.41) is 3.90. The van der Waals surface area contributed by atoms with Crippen molar-refractivity contribution in [1.29, 1.82) is 0 Å². The number of nitrogens with one attached hydrogen (secondary N) is 1. The number of carbonyl (C=O) groups excluding carboxylic acids is 1. The molecule has 0 spiro atoms. The Bertz CT molecular complexity index is 443. The summed E-state index contributed by atoms with van der Waals surface area (Å²) in [5.41, 5.74) is 1.44. The van der Waals surface area contributed by atoms with Crippen molar-refractivity contribution in [2.24, 2.45) is 0 Å². The highest BCUT2D eigenvalue weighted by molar-refractivity contribution is 6.34. The number of anilines is 2. The molecule has 16 heavy (non-hydrogen) atoms. The van der Waals surface area contributed by atoms with Gasteiger partial charge in [-0.2, -0.15) is 0 Å². The molecule has 3 nitrogen and oxygen atoms in total. The number of nitrogens with zero attached hydrogens (tertiary/aromatic N) is 1. The molecule has 1 heterocycles. The van der Waals surface area contributed by atoms with E-state index in [2.05, 4.69) is 5.32 Å². The molecule has 0 unspecified atom stereocenters. The SMILES string of the molecule is CC(=O)N1c2c(Cl)cccc2NCC1(C)C.